The molecule has 2 N–H and O–H groups in total. The summed E-state index contributed by atoms with van der Waals surface area (Å²) in [5.74, 6) is -0.716. The molecule has 1 aliphatic rings. The number of ether oxygens (including phenoxy) is 1. The van der Waals surface area contributed by atoms with Crippen molar-refractivity contribution in [3.05, 3.63) is 64.4 Å². The van der Waals surface area contributed by atoms with E-state index < -0.39 is 11.2 Å². The molecule has 0 saturated carbocycles. The molecule has 2 amide bonds. The topological polar surface area (TPSA) is 97.6 Å². The summed E-state index contributed by atoms with van der Waals surface area (Å²) in [6, 6.07) is 10.5. The van der Waals surface area contributed by atoms with Crippen molar-refractivity contribution in [3.63, 3.8) is 0 Å². The lowest BCUT2D eigenvalue weighted by Crippen LogP contribution is -2.23. The van der Waals surface area contributed by atoms with Gasteiger partial charge < -0.3 is 19.8 Å². The van der Waals surface area contributed by atoms with Gasteiger partial charge in [0.1, 0.15) is 5.00 Å². The summed E-state index contributed by atoms with van der Waals surface area (Å²) in [4.78, 5) is 39.9. The molecule has 7 nitrogen and oxygen atoms in total. The van der Waals surface area contributed by atoms with E-state index in [1.807, 2.05) is 25.1 Å². The maximum absolute atomic E-state index is 13.1. The van der Waals surface area contributed by atoms with Crippen molar-refractivity contribution < 1.29 is 23.5 Å². The number of thiophene rings is 1. The van der Waals surface area contributed by atoms with Crippen molar-refractivity contribution in [1.82, 2.24) is 0 Å². The zero-order valence-corrected chi connectivity index (χ0v) is 21.4. The summed E-state index contributed by atoms with van der Waals surface area (Å²) in [7, 11) is 1.37. The van der Waals surface area contributed by atoms with Gasteiger partial charge in [-0.25, -0.2) is 4.79 Å². The van der Waals surface area contributed by atoms with Gasteiger partial charge in [0.2, 0.25) is 5.91 Å². The van der Waals surface area contributed by atoms with Crippen LogP contribution in [0.4, 0.5) is 10.7 Å². The number of amides is 2. The van der Waals surface area contributed by atoms with Gasteiger partial charge in [-0.1, -0.05) is 18.9 Å². The van der Waals surface area contributed by atoms with Crippen molar-refractivity contribution in [2.45, 2.75) is 55.6 Å². The van der Waals surface area contributed by atoms with Gasteiger partial charge in [0.15, 0.2) is 5.76 Å². The SMILES string of the molecule is COC(=O)c1c(NC(=O)C(C)Sc2cccc(NC(=O)c3ccco3)c2)sc2c1CCCCCC2. The van der Waals surface area contributed by atoms with Crippen molar-refractivity contribution >= 4 is 51.6 Å². The van der Waals surface area contributed by atoms with Crippen LogP contribution in [0.25, 0.3) is 0 Å². The number of rotatable bonds is 7. The molecule has 0 bridgehead atoms. The second-order valence-electron chi connectivity index (χ2n) is 8.32. The van der Waals surface area contributed by atoms with Crippen LogP contribution in [0.3, 0.4) is 0 Å². The number of thioether (sulfide) groups is 1. The first-order valence-corrected chi connectivity index (χ1v) is 13.3. The lowest BCUT2D eigenvalue weighted by Gasteiger charge is -2.13. The fourth-order valence-electron chi connectivity index (χ4n) is 4.04. The zero-order valence-electron chi connectivity index (χ0n) is 19.7. The number of esters is 1. The van der Waals surface area contributed by atoms with Crippen molar-refractivity contribution in [2.75, 3.05) is 17.7 Å². The molecule has 1 unspecified atom stereocenters. The highest BCUT2D eigenvalue weighted by Gasteiger charge is 2.27. The monoisotopic (exact) mass is 512 g/mol. The van der Waals surface area contributed by atoms with Crippen molar-refractivity contribution in [2.24, 2.45) is 0 Å². The lowest BCUT2D eigenvalue weighted by atomic mass is 9.96. The fraction of sp³-hybridized carbons (Fsp3) is 0.346. The molecule has 2 heterocycles. The molecule has 0 saturated heterocycles. The number of fused-ring (bicyclic) bond motifs is 1. The maximum Gasteiger partial charge on any atom is 0.341 e. The maximum atomic E-state index is 13.1. The largest absolute Gasteiger partial charge is 0.465 e. The molecule has 1 aliphatic carbocycles. The predicted molar refractivity (Wildman–Crippen MR) is 139 cm³/mol. The summed E-state index contributed by atoms with van der Waals surface area (Å²) < 4.78 is 10.2. The Morgan fingerprint density at radius 3 is 2.60 bits per heavy atom. The van der Waals surface area contributed by atoms with Crippen LogP contribution in [0, 0.1) is 0 Å². The minimum atomic E-state index is -0.429. The minimum Gasteiger partial charge on any atom is -0.465 e. The van der Waals surface area contributed by atoms with Crippen LogP contribution in [-0.4, -0.2) is 30.1 Å². The summed E-state index contributed by atoms with van der Waals surface area (Å²) >= 11 is 2.86. The summed E-state index contributed by atoms with van der Waals surface area (Å²) in [5, 5.41) is 5.92. The third-order valence-corrected chi connectivity index (χ3v) is 8.12. The number of anilines is 2. The lowest BCUT2D eigenvalue weighted by molar-refractivity contribution is -0.115. The third-order valence-electron chi connectivity index (χ3n) is 5.82. The second kappa shape index (κ2) is 11.6. The molecule has 35 heavy (non-hydrogen) atoms. The van der Waals surface area contributed by atoms with Gasteiger partial charge in [0.05, 0.1) is 24.2 Å². The second-order valence-corrected chi connectivity index (χ2v) is 10.8. The van der Waals surface area contributed by atoms with E-state index in [1.54, 1.807) is 18.2 Å². The zero-order chi connectivity index (χ0) is 24.8. The number of hydrogen-bond donors (Lipinski definition) is 2. The van der Waals surface area contributed by atoms with E-state index in [0.29, 0.717) is 16.3 Å². The van der Waals surface area contributed by atoms with E-state index in [2.05, 4.69) is 10.6 Å². The Kier molecular flexibility index (Phi) is 8.30. The van der Waals surface area contributed by atoms with Gasteiger partial charge in [0, 0.05) is 15.5 Å². The van der Waals surface area contributed by atoms with Crippen LogP contribution in [0.5, 0.6) is 0 Å². The molecule has 1 aromatic carbocycles. The number of carbonyl (C=O) groups is 3. The molecule has 0 radical (unpaired) electrons. The number of furan rings is 1. The highest BCUT2D eigenvalue weighted by atomic mass is 32.2. The fourth-order valence-corrected chi connectivity index (χ4v) is 6.25. The molecule has 9 heteroatoms. The Labute approximate surface area is 212 Å². The van der Waals surface area contributed by atoms with Gasteiger partial charge >= 0.3 is 5.97 Å². The van der Waals surface area contributed by atoms with Gasteiger partial charge in [-0.2, -0.15) is 0 Å². The summed E-state index contributed by atoms with van der Waals surface area (Å²) in [6.45, 7) is 1.81. The van der Waals surface area contributed by atoms with Crippen LogP contribution in [0.1, 0.15) is 64.0 Å². The molecule has 4 rings (SSSR count). The smallest absolute Gasteiger partial charge is 0.341 e. The van der Waals surface area contributed by atoms with E-state index in [0.717, 1.165) is 42.6 Å². The molecule has 0 aliphatic heterocycles. The molecular formula is C26H28N2O5S2. The standard InChI is InChI=1S/C26H28N2O5S2/c1-16(34-18-10-7-9-17(15-18)27-24(30)20-12-8-14-33-20)23(29)28-25-22(26(31)32-2)19-11-5-3-4-6-13-21(19)35-25/h7-10,12,14-16H,3-6,11,13H2,1-2H3,(H,27,30)(H,28,29). The Balaban J connectivity index is 1.46. The quantitative estimate of drug-likeness (QED) is 0.291. The molecule has 0 spiro atoms. The summed E-state index contributed by atoms with van der Waals surface area (Å²) in [6.07, 6.45) is 7.63. The highest BCUT2D eigenvalue weighted by Crippen LogP contribution is 2.38. The molecule has 0 fully saturated rings. The van der Waals surface area contributed by atoms with Gasteiger partial charge in [-0.05, 0) is 68.5 Å². The van der Waals surface area contributed by atoms with Gasteiger partial charge in [-0.15, -0.1) is 23.1 Å². The van der Waals surface area contributed by atoms with Crippen molar-refractivity contribution in [1.29, 1.82) is 0 Å². The van der Waals surface area contributed by atoms with Crippen LogP contribution >= 0.6 is 23.1 Å². The van der Waals surface area contributed by atoms with Gasteiger partial charge in [-0.3, -0.25) is 9.59 Å². The Bertz CT molecular complexity index is 1200. The summed E-state index contributed by atoms with van der Waals surface area (Å²) in [5.41, 5.74) is 2.13. The van der Waals surface area contributed by atoms with E-state index in [4.69, 9.17) is 9.15 Å². The predicted octanol–water partition coefficient (Wildman–Crippen LogP) is 6.16. The first-order valence-electron chi connectivity index (χ1n) is 11.6. The average Bonchev–Trinajstić information content (AvgIpc) is 3.47. The molecule has 184 valence electrons. The number of carbonyl (C=O) groups excluding carboxylic acids is 3. The molecule has 1 atom stereocenters. The Morgan fingerprint density at radius 1 is 1.06 bits per heavy atom. The van der Waals surface area contributed by atoms with E-state index in [-0.39, 0.29) is 17.6 Å². The molecule has 2 aromatic heterocycles. The number of aryl methyl sites for hydroxylation is 1. The number of benzene rings is 1. The van der Waals surface area contributed by atoms with Crippen LogP contribution < -0.4 is 10.6 Å². The van der Waals surface area contributed by atoms with Crippen molar-refractivity contribution in [3.8, 4) is 0 Å². The minimum absolute atomic E-state index is 0.195. The number of nitrogens with one attached hydrogen (secondary N) is 2. The van der Waals surface area contributed by atoms with Crippen LogP contribution in [-0.2, 0) is 22.4 Å². The first-order chi connectivity index (χ1) is 17.0. The van der Waals surface area contributed by atoms with E-state index in [9.17, 15) is 14.4 Å². The van der Waals surface area contributed by atoms with E-state index >= 15 is 0 Å². The Hall–Kier alpha value is -3.04. The highest BCUT2D eigenvalue weighted by molar-refractivity contribution is 8.00. The normalized spacial score (nSPS) is 14.2. The first kappa shape index (κ1) is 25.1. The van der Waals surface area contributed by atoms with E-state index in [1.165, 1.54) is 47.8 Å². The average molecular weight is 513 g/mol. The number of methoxy groups -OCH3 is 1. The molecular weight excluding hydrogens is 484 g/mol. The Morgan fingerprint density at radius 2 is 1.86 bits per heavy atom. The third kappa shape index (κ3) is 6.15. The van der Waals surface area contributed by atoms with Gasteiger partial charge in [0.25, 0.3) is 5.91 Å². The molecule has 3 aromatic rings. The van der Waals surface area contributed by atoms with Crippen LogP contribution in [0.15, 0.2) is 52.0 Å². The number of hydrogen-bond acceptors (Lipinski definition) is 7. The van der Waals surface area contributed by atoms with Crippen LogP contribution in [0.2, 0.25) is 0 Å².